The first-order valence-corrected chi connectivity index (χ1v) is 7.64. The average molecular weight is 329 g/mol. The van der Waals surface area contributed by atoms with E-state index in [4.69, 9.17) is 5.11 Å². The molecule has 1 saturated carbocycles. The lowest BCUT2D eigenvalue weighted by Gasteiger charge is -2.31. The van der Waals surface area contributed by atoms with Gasteiger partial charge in [-0.15, -0.1) is 0 Å². The fraction of sp³-hybridized carbons (Fsp3) is 0.294. The Morgan fingerprint density at radius 1 is 1.04 bits per heavy atom. The van der Waals surface area contributed by atoms with Crippen molar-refractivity contribution < 1.29 is 19.1 Å². The zero-order valence-corrected chi connectivity index (χ0v) is 12.8. The topological polar surface area (TPSA) is 92.2 Å². The molecule has 2 N–H and O–H groups in total. The third-order valence-electron chi connectivity index (χ3n) is 4.31. The smallest absolute Gasteiger partial charge is 0.356 e. The molecule has 1 aromatic heterocycles. The van der Waals surface area contributed by atoms with E-state index in [9.17, 15) is 14.0 Å². The van der Waals surface area contributed by atoms with Crippen molar-refractivity contribution in [3.63, 3.8) is 0 Å². The molecule has 3 rings (SSSR count). The first-order valence-electron chi connectivity index (χ1n) is 7.64. The molecule has 7 heteroatoms. The number of nitrogens with one attached hydrogen (secondary N) is 1. The van der Waals surface area contributed by atoms with Gasteiger partial charge in [-0.2, -0.15) is 0 Å². The van der Waals surface area contributed by atoms with E-state index in [1.807, 2.05) is 0 Å². The van der Waals surface area contributed by atoms with Gasteiger partial charge in [0, 0.05) is 0 Å². The van der Waals surface area contributed by atoms with E-state index in [0.29, 0.717) is 0 Å². The average Bonchev–Trinajstić information content (AvgIpc) is 3.05. The van der Waals surface area contributed by atoms with Crippen molar-refractivity contribution in [2.24, 2.45) is 0 Å². The van der Waals surface area contributed by atoms with Gasteiger partial charge in [-0.05, 0) is 30.5 Å². The number of hydrogen-bond acceptors (Lipinski definition) is 4. The molecule has 124 valence electrons. The van der Waals surface area contributed by atoms with Gasteiger partial charge in [0.2, 0.25) is 0 Å². The minimum atomic E-state index is -1.20. The summed E-state index contributed by atoms with van der Waals surface area (Å²) < 4.78 is 13.2. The van der Waals surface area contributed by atoms with Crippen molar-refractivity contribution in [3.8, 4) is 0 Å². The van der Waals surface area contributed by atoms with Crippen LogP contribution >= 0.6 is 0 Å². The SMILES string of the molecule is O=C(O)c1cnc(C(=O)NC2(c3ccc(F)cc3)CCCC2)cn1. The molecule has 0 saturated heterocycles. The molecule has 1 heterocycles. The van der Waals surface area contributed by atoms with Crippen LogP contribution in [0.2, 0.25) is 0 Å². The zero-order valence-electron chi connectivity index (χ0n) is 12.8. The standard InChI is InChI=1S/C17H16FN3O3/c18-12-5-3-11(4-6-12)17(7-1-2-8-17)21-15(22)13-9-20-14(10-19-13)16(23)24/h3-6,9-10H,1-2,7-8H2,(H,21,22)(H,23,24). The Balaban J connectivity index is 1.84. The maximum atomic E-state index is 13.2. The number of halogens is 1. The van der Waals surface area contributed by atoms with E-state index in [1.165, 1.54) is 12.1 Å². The Kier molecular flexibility index (Phi) is 4.24. The molecule has 1 aliphatic rings. The Morgan fingerprint density at radius 3 is 2.17 bits per heavy atom. The van der Waals surface area contributed by atoms with Crippen molar-refractivity contribution in [3.05, 3.63) is 59.4 Å². The van der Waals surface area contributed by atoms with Gasteiger partial charge in [0.05, 0.1) is 17.9 Å². The predicted octanol–water partition coefficient (Wildman–Crippen LogP) is 2.51. The highest BCUT2D eigenvalue weighted by atomic mass is 19.1. The maximum Gasteiger partial charge on any atom is 0.356 e. The minimum Gasteiger partial charge on any atom is -0.476 e. The Hall–Kier alpha value is -2.83. The number of carbonyl (C=O) groups is 2. The fourth-order valence-corrected chi connectivity index (χ4v) is 3.07. The second-order valence-electron chi connectivity index (χ2n) is 5.84. The number of benzene rings is 1. The van der Waals surface area contributed by atoms with Crippen LogP contribution in [0.15, 0.2) is 36.7 Å². The predicted molar refractivity (Wildman–Crippen MR) is 83.0 cm³/mol. The van der Waals surface area contributed by atoms with Crippen LogP contribution in [0.5, 0.6) is 0 Å². The summed E-state index contributed by atoms with van der Waals surface area (Å²) in [6.45, 7) is 0. The largest absolute Gasteiger partial charge is 0.476 e. The first-order chi connectivity index (χ1) is 11.5. The van der Waals surface area contributed by atoms with Gasteiger partial charge in [-0.3, -0.25) is 4.79 Å². The van der Waals surface area contributed by atoms with Crippen molar-refractivity contribution in [2.75, 3.05) is 0 Å². The maximum absolute atomic E-state index is 13.2. The van der Waals surface area contributed by atoms with Crippen LogP contribution in [0, 0.1) is 5.82 Å². The van der Waals surface area contributed by atoms with Crippen LogP contribution in [0.4, 0.5) is 4.39 Å². The van der Waals surface area contributed by atoms with E-state index in [-0.39, 0.29) is 17.2 Å². The van der Waals surface area contributed by atoms with Crippen LogP contribution in [0.1, 0.15) is 52.2 Å². The quantitative estimate of drug-likeness (QED) is 0.899. The van der Waals surface area contributed by atoms with E-state index < -0.39 is 17.4 Å². The van der Waals surface area contributed by atoms with Gasteiger partial charge < -0.3 is 10.4 Å². The summed E-state index contributed by atoms with van der Waals surface area (Å²) in [5.41, 5.74) is 0.122. The molecule has 6 nitrogen and oxygen atoms in total. The van der Waals surface area contributed by atoms with Gasteiger partial charge in [0.1, 0.15) is 11.5 Å². The van der Waals surface area contributed by atoms with Crippen molar-refractivity contribution in [1.82, 2.24) is 15.3 Å². The lowest BCUT2D eigenvalue weighted by molar-refractivity contribution is 0.0688. The van der Waals surface area contributed by atoms with Crippen LogP contribution in [-0.4, -0.2) is 27.0 Å². The van der Waals surface area contributed by atoms with Crippen molar-refractivity contribution >= 4 is 11.9 Å². The van der Waals surface area contributed by atoms with Crippen LogP contribution < -0.4 is 5.32 Å². The summed E-state index contributed by atoms with van der Waals surface area (Å²) in [7, 11) is 0. The number of aromatic carboxylic acids is 1. The molecule has 1 aliphatic carbocycles. The van der Waals surface area contributed by atoms with E-state index in [0.717, 1.165) is 43.6 Å². The Morgan fingerprint density at radius 2 is 1.62 bits per heavy atom. The summed E-state index contributed by atoms with van der Waals surface area (Å²) in [6, 6.07) is 6.12. The molecule has 0 spiro atoms. The van der Waals surface area contributed by atoms with E-state index in [2.05, 4.69) is 15.3 Å². The van der Waals surface area contributed by atoms with Gasteiger partial charge in [0.15, 0.2) is 5.69 Å². The summed E-state index contributed by atoms with van der Waals surface area (Å²) in [6.07, 6.45) is 5.63. The normalized spacial score (nSPS) is 15.9. The minimum absolute atomic E-state index is 0.0494. The molecule has 0 aliphatic heterocycles. The summed E-state index contributed by atoms with van der Waals surface area (Å²) >= 11 is 0. The first kappa shape index (κ1) is 16.0. The molecule has 2 aromatic rings. The van der Waals surface area contributed by atoms with Gasteiger partial charge in [0.25, 0.3) is 5.91 Å². The number of aromatic nitrogens is 2. The third-order valence-corrected chi connectivity index (χ3v) is 4.31. The van der Waals surface area contributed by atoms with Gasteiger partial charge >= 0.3 is 5.97 Å². The molecule has 24 heavy (non-hydrogen) atoms. The molecule has 0 unspecified atom stereocenters. The number of carbonyl (C=O) groups excluding carboxylic acids is 1. The highest BCUT2D eigenvalue weighted by Gasteiger charge is 2.37. The number of carboxylic acids is 1. The molecule has 1 aromatic carbocycles. The van der Waals surface area contributed by atoms with E-state index in [1.54, 1.807) is 12.1 Å². The Labute approximate surface area is 137 Å². The second-order valence-corrected chi connectivity index (χ2v) is 5.84. The number of rotatable bonds is 4. The zero-order chi connectivity index (χ0) is 17.2. The lowest BCUT2D eigenvalue weighted by atomic mass is 9.88. The summed E-state index contributed by atoms with van der Waals surface area (Å²) in [4.78, 5) is 30.9. The number of amides is 1. The third kappa shape index (κ3) is 3.10. The molecule has 0 atom stereocenters. The lowest BCUT2D eigenvalue weighted by Crippen LogP contribution is -2.44. The van der Waals surface area contributed by atoms with Crippen molar-refractivity contribution in [2.45, 2.75) is 31.2 Å². The molecular formula is C17H16FN3O3. The van der Waals surface area contributed by atoms with Gasteiger partial charge in [-0.1, -0.05) is 25.0 Å². The molecule has 1 fully saturated rings. The van der Waals surface area contributed by atoms with Crippen LogP contribution in [0.3, 0.4) is 0 Å². The van der Waals surface area contributed by atoms with Crippen LogP contribution in [-0.2, 0) is 5.54 Å². The Bertz CT molecular complexity index is 754. The number of hydrogen-bond donors (Lipinski definition) is 2. The molecular weight excluding hydrogens is 313 g/mol. The summed E-state index contributed by atoms with van der Waals surface area (Å²) in [5.74, 6) is -1.95. The summed E-state index contributed by atoms with van der Waals surface area (Å²) in [5, 5.41) is 11.8. The monoisotopic (exact) mass is 329 g/mol. The highest BCUT2D eigenvalue weighted by Crippen LogP contribution is 2.38. The second kappa shape index (κ2) is 6.35. The fourth-order valence-electron chi connectivity index (χ4n) is 3.07. The molecule has 1 amide bonds. The highest BCUT2D eigenvalue weighted by molar-refractivity contribution is 5.93. The van der Waals surface area contributed by atoms with Crippen LogP contribution in [0.25, 0.3) is 0 Å². The van der Waals surface area contributed by atoms with E-state index >= 15 is 0 Å². The molecule has 0 bridgehead atoms. The number of carboxylic acid groups (broad SMARTS) is 1. The number of nitrogens with zero attached hydrogens (tertiary/aromatic N) is 2. The van der Waals surface area contributed by atoms with Crippen molar-refractivity contribution in [1.29, 1.82) is 0 Å². The molecule has 0 radical (unpaired) electrons. The van der Waals surface area contributed by atoms with Gasteiger partial charge in [-0.25, -0.2) is 19.2 Å².